The van der Waals surface area contributed by atoms with E-state index in [2.05, 4.69) is 48.5 Å². The molecule has 53 heavy (non-hydrogen) atoms. The summed E-state index contributed by atoms with van der Waals surface area (Å²) in [6.45, 7) is 0. The van der Waals surface area contributed by atoms with Crippen LogP contribution in [0.5, 0.6) is 0 Å². The minimum atomic E-state index is 0.509. The molecule has 0 bridgehead atoms. The van der Waals surface area contributed by atoms with Crippen LogP contribution < -0.4 is 0 Å². The maximum atomic E-state index is 6.40. The third kappa shape index (κ3) is 5.66. The van der Waals surface area contributed by atoms with Crippen molar-refractivity contribution in [3.05, 3.63) is 170 Å². The minimum Gasteiger partial charge on any atom is -0.434 e. The van der Waals surface area contributed by atoms with Gasteiger partial charge in [0.25, 0.3) is 0 Å². The van der Waals surface area contributed by atoms with Crippen molar-refractivity contribution in [1.82, 2.24) is 29.9 Å². The summed E-state index contributed by atoms with van der Waals surface area (Å²) in [6, 6.07) is 55.0. The maximum absolute atomic E-state index is 6.40. The zero-order valence-electron chi connectivity index (χ0n) is 28.3. The van der Waals surface area contributed by atoms with E-state index in [4.69, 9.17) is 34.3 Å². The Morgan fingerprint density at radius 2 is 0.868 bits per heavy atom. The quantitative estimate of drug-likeness (QED) is 0.173. The van der Waals surface area contributed by atoms with Crippen LogP contribution in [-0.2, 0) is 0 Å². The summed E-state index contributed by atoms with van der Waals surface area (Å²) < 4.78 is 6.40. The van der Waals surface area contributed by atoms with Crippen molar-refractivity contribution >= 4 is 33.0 Å². The summed E-state index contributed by atoms with van der Waals surface area (Å²) in [5.74, 6) is 2.48. The van der Waals surface area contributed by atoms with Crippen molar-refractivity contribution in [2.45, 2.75) is 0 Å². The first-order chi connectivity index (χ1) is 26.2. The fraction of sp³-hybridized carbons (Fsp3) is 0. The van der Waals surface area contributed by atoms with Crippen molar-refractivity contribution in [2.24, 2.45) is 0 Å². The first-order valence-corrected chi connectivity index (χ1v) is 17.4. The Morgan fingerprint density at radius 1 is 0.358 bits per heavy atom. The number of nitrogens with zero attached hydrogens (tertiary/aromatic N) is 6. The molecule has 0 N–H and O–H groups in total. The highest BCUT2D eigenvalue weighted by Crippen LogP contribution is 2.37. The Labute approximate surface area is 304 Å². The first-order valence-electron chi connectivity index (χ1n) is 17.4. The molecule has 10 rings (SSSR count). The fourth-order valence-corrected chi connectivity index (χ4v) is 6.69. The van der Waals surface area contributed by atoms with Crippen molar-refractivity contribution < 1.29 is 4.42 Å². The van der Waals surface area contributed by atoms with Crippen LogP contribution in [0.3, 0.4) is 0 Å². The van der Waals surface area contributed by atoms with Crippen LogP contribution in [0.1, 0.15) is 0 Å². The number of furan rings is 1. The molecule has 4 aromatic heterocycles. The fourth-order valence-electron chi connectivity index (χ4n) is 6.69. The van der Waals surface area contributed by atoms with Gasteiger partial charge in [-0.2, -0.15) is 0 Å². The summed E-state index contributed by atoms with van der Waals surface area (Å²) in [7, 11) is 0. The molecule has 6 aromatic carbocycles. The number of hydrogen-bond donors (Lipinski definition) is 0. The Balaban J connectivity index is 1.07. The highest BCUT2D eigenvalue weighted by molar-refractivity contribution is 6.07. The van der Waals surface area contributed by atoms with E-state index in [0.717, 1.165) is 66.3 Å². The van der Waals surface area contributed by atoms with Crippen LogP contribution in [0.15, 0.2) is 174 Å². The molecular weight excluding hydrogens is 653 g/mol. The summed E-state index contributed by atoms with van der Waals surface area (Å²) in [5, 5.41) is 3.11. The lowest BCUT2D eigenvalue weighted by Crippen LogP contribution is -2.00. The van der Waals surface area contributed by atoms with Crippen LogP contribution in [0.2, 0.25) is 0 Å². The summed E-state index contributed by atoms with van der Waals surface area (Å²) in [4.78, 5) is 29.6. The smallest absolute Gasteiger partial charge is 0.229 e. The van der Waals surface area contributed by atoms with Gasteiger partial charge in [-0.25, -0.2) is 29.9 Å². The van der Waals surface area contributed by atoms with E-state index >= 15 is 0 Å². The Bertz CT molecular complexity index is 2870. The second-order valence-corrected chi connectivity index (χ2v) is 12.8. The van der Waals surface area contributed by atoms with Crippen molar-refractivity contribution in [3.8, 4) is 67.9 Å². The molecule has 0 fully saturated rings. The lowest BCUT2D eigenvalue weighted by Gasteiger charge is -2.09. The lowest BCUT2D eigenvalue weighted by molar-refractivity contribution is 0.653. The average Bonchev–Trinajstić information content (AvgIpc) is 3.62. The van der Waals surface area contributed by atoms with Gasteiger partial charge in [0.1, 0.15) is 11.2 Å². The standard InChI is InChI=1S/C46H28N6O/c1-4-13-31(14-5-1)39-41-40(49-45(48-39)36-25-22-29-12-10-11-19-35(29)26-36)38-27-37(28-47-46(38)53-41)30-20-23-34(24-21-30)44-51-42(32-15-6-2-7-16-32)50-43(52-44)33-17-8-3-9-18-33/h1-28H. The third-order valence-electron chi connectivity index (χ3n) is 9.40. The van der Waals surface area contributed by atoms with Gasteiger partial charge < -0.3 is 4.42 Å². The second kappa shape index (κ2) is 12.7. The molecule has 0 saturated heterocycles. The molecule has 0 atom stereocenters. The second-order valence-electron chi connectivity index (χ2n) is 12.8. The van der Waals surface area contributed by atoms with E-state index < -0.39 is 0 Å². The number of fused-ring (bicyclic) bond motifs is 4. The van der Waals surface area contributed by atoms with Crippen LogP contribution >= 0.6 is 0 Å². The number of hydrogen-bond acceptors (Lipinski definition) is 7. The van der Waals surface area contributed by atoms with Gasteiger partial charge in [-0.1, -0.05) is 152 Å². The predicted molar refractivity (Wildman–Crippen MR) is 211 cm³/mol. The normalized spacial score (nSPS) is 11.4. The van der Waals surface area contributed by atoms with Gasteiger partial charge in [-0.05, 0) is 28.5 Å². The SMILES string of the molecule is c1ccc(-c2nc(-c3ccccc3)nc(-c3ccc(-c4cnc5oc6c(-c7ccccc7)nc(-c7ccc8ccccc8c7)nc6c5c4)cc3)n2)cc1. The molecule has 0 unspecified atom stereocenters. The van der Waals surface area contributed by atoms with Gasteiger partial charge in [-0.3, -0.25) is 0 Å². The molecule has 7 nitrogen and oxygen atoms in total. The topological polar surface area (TPSA) is 90.5 Å². The Hall–Kier alpha value is -7.38. The van der Waals surface area contributed by atoms with Gasteiger partial charge in [0.15, 0.2) is 28.9 Å². The van der Waals surface area contributed by atoms with Crippen LogP contribution in [0, 0.1) is 0 Å². The van der Waals surface area contributed by atoms with Crippen molar-refractivity contribution in [2.75, 3.05) is 0 Å². The van der Waals surface area contributed by atoms with E-state index in [9.17, 15) is 0 Å². The molecule has 0 saturated carbocycles. The molecule has 248 valence electrons. The molecule has 4 heterocycles. The van der Waals surface area contributed by atoms with Gasteiger partial charge in [0.05, 0.1) is 5.39 Å². The molecule has 10 aromatic rings. The summed E-state index contributed by atoms with van der Waals surface area (Å²) in [6.07, 6.45) is 1.84. The van der Waals surface area contributed by atoms with Gasteiger partial charge >= 0.3 is 0 Å². The minimum absolute atomic E-state index is 0.509. The van der Waals surface area contributed by atoms with Gasteiger partial charge in [-0.15, -0.1) is 0 Å². The van der Waals surface area contributed by atoms with Crippen molar-refractivity contribution in [1.29, 1.82) is 0 Å². The molecule has 0 radical (unpaired) electrons. The molecule has 0 aliphatic heterocycles. The van der Waals surface area contributed by atoms with Crippen LogP contribution in [-0.4, -0.2) is 29.9 Å². The highest BCUT2D eigenvalue weighted by atomic mass is 16.3. The van der Waals surface area contributed by atoms with E-state index in [-0.39, 0.29) is 0 Å². The van der Waals surface area contributed by atoms with Crippen LogP contribution in [0.25, 0.3) is 101 Å². The zero-order valence-corrected chi connectivity index (χ0v) is 28.3. The monoisotopic (exact) mass is 680 g/mol. The van der Waals surface area contributed by atoms with Crippen LogP contribution in [0.4, 0.5) is 0 Å². The van der Waals surface area contributed by atoms with E-state index in [1.807, 2.05) is 121 Å². The van der Waals surface area contributed by atoms with E-state index in [0.29, 0.717) is 34.6 Å². The number of benzene rings is 6. The molecule has 0 spiro atoms. The van der Waals surface area contributed by atoms with E-state index in [1.54, 1.807) is 0 Å². The molecule has 0 aliphatic carbocycles. The Morgan fingerprint density at radius 3 is 1.51 bits per heavy atom. The third-order valence-corrected chi connectivity index (χ3v) is 9.40. The molecule has 7 heteroatoms. The van der Waals surface area contributed by atoms with E-state index in [1.165, 1.54) is 0 Å². The summed E-state index contributed by atoms with van der Waals surface area (Å²) in [5.41, 5.74) is 9.10. The average molecular weight is 681 g/mol. The largest absolute Gasteiger partial charge is 0.434 e. The lowest BCUT2D eigenvalue weighted by atomic mass is 10.0. The zero-order chi connectivity index (χ0) is 35.1. The predicted octanol–water partition coefficient (Wildman–Crippen LogP) is 11.1. The molecule has 0 amide bonds. The molecular formula is C46H28N6O. The maximum Gasteiger partial charge on any atom is 0.229 e. The van der Waals surface area contributed by atoms with Crippen molar-refractivity contribution in [3.63, 3.8) is 0 Å². The number of rotatable bonds is 6. The first kappa shape index (κ1) is 30.4. The Kier molecular flexibility index (Phi) is 7.32. The van der Waals surface area contributed by atoms with Gasteiger partial charge in [0.2, 0.25) is 5.71 Å². The van der Waals surface area contributed by atoms with Gasteiger partial charge in [0, 0.05) is 39.6 Å². The number of pyridine rings is 1. The molecule has 0 aliphatic rings. The number of aromatic nitrogens is 6. The highest BCUT2D eigenvalue weighted by Gasteiger charge is 2.20. The summed E-state index contributed by atoms with van der Waals surface area (Å²) >= 11 is 0.